The Balaban J connectivity index is 0.00000288. The number of hydrogen-bond acceptors (Lipinski definition) is 4. The van der Waals surface area contributed by atoms with E-state index in [0.29, 0.717) is 24.7 Å². The Morgan fingerprint density at radius 2 is 1.62 bits per heavy atom. The summed E-state index contributed by atoms with van der Waals surface area (Å²) in [5.74, 6) is -0.575. The maximum atomic E-state index is 12.2. The second-order valence-corrected chi connectivity index (χ2v) is 7.70. The molecule has 0 heterocycles. The van der Waals surface area contributed by atoms with E-state index >= 15 is 0 Å². The fourth-order valence-corrected chi connectivity index (χ4v) is 3.86. The minimum Gasteiger partial charge on any atom is -0.366 e. The van der Waals surface area contributed by atoms with Crippen LogP contribution < -0.4 is 15.8 Å². The number of nitrogens with two attached hydrogens (primary N) is 1. The van der Waals surface area contributed by atoms with Crippen LogP contribution in [0.2, 0.25) is 0 Å². The van der Waals surface area contributed by atoms with Crippen LogP contribution in [0.5, 0.6) is 0 Å². The number of nitrogens with one attached hydrogen (secondary N) is 2. The van der Waals surface area contributed by atoms with Crippen molar-refractivity contribution in [3.63, 3.8) is 0 Å². The fourth-order valence-electron chi connectivity index (χ4n) is 2.83. The molecule has 2 rings (SSSR count). The van der Waals surface area contributed by atoms with Gasteiger partial charge in [-0.15, -0.1) is 12.4 Å². The van der Waals surface area contributed by atoms with Crippen molar-refractivity contribution in [2.45, 2.75) is 49.5 Å². The van der Waals surface area contributed by atoms with Crippen molar-refractivity contribution in [3.8, 4) is 0 Å². The second-order valence-electron chi connectivity index (χ2n) is 5.93. The molecular weight excluding hydrogens is 350 g/mol. The molecule has 136 valence electrons. The van der Waals surface area contributed by atoms with E-state index in [9.17, 15) is 13.2 Å². The number of benzene rings is 1. The minimum absolute atomic E-state index is 0. The Kier molecular flexibility index (Phi) is 8.69. The third kappa shape index (κ3) is 6.39. The first-order chi connectivity index (χ1) is 11.0. The average molecular weight is 376 g/mol. The van der Waals surface area contributed by atoms with Crippen LogP contribution in [0.3, 0.4) is 0 Å². The van der Waals surface area contributed by atoms with Crippen molar-refractivity contribution in [1.29, 1.82) is 0 Å². The number of halogens is 1. The van der Waals surface area contributed by atoms with Gasteiger partial charge in [0.1, 0.15) is 0 Å². The lowest BCUT2D eigenvalue weighted by Crippen LogP contribution is -2.36. The van der Waals surface area contributed by atoms with Crippen LogP contribution in [0.4, 0.5) is 0 Å². The van der Waals surface area contributed by atoms with Gasteiger partial charge in [0, 0.05) is 24.7 Å². The lowest BCUT2D eigenvalue weighted by Gasteiger charge is -2.16. The molecule has 1 aromatic carbocycles. The number of hydrogen-bond donors (Lipinski definition) is 3. The highest BCUT2D eigenvalue weighted by atomic mass is 35.5. The van der Waals surface area contributed by atoms with Gasteiger partial charge in [-0.05, 0) is 37.1 Å². The van der Waals surface area contributed by atoms with E-state index in [4.69, 9.17) is 5.73 Å². The molecule has 0 spiro atoms. The van der Waals surface area contributed by atoms with Crippen LogP contribution >= 0.6 is 12.4 Å². The summed E-state index contributed by atoms with van der Waals surface area (Å²) < 4.78 is 26.9. The molecule has 0 bridgehead atoms. The van der Waals surface area contributed by atoms with Gasteiger partial charge in [0.2, 0.25) is 15.9 Å². The SMILES string of the molecule is Cl.NC(=O)c1ccc(S(=O)(=O)NCCNC2CCCCCC2)cc1. The van der Waals surface area contributed by atoms with E-state index in [2.05, 4.69) is 10.0 Å². The highest BCUT2D eigenvalue weighted by molar-refractivity contribution is 7.89. The Morgan fingerprint density at radius 1 is 1.04 bits per heavy atom. The van der Waals surface area contributed by atoms with E-state index in [1.165, 1.54) is 62.8 Å². The number of primary amides is 1. The van der Waals surface area contributed by atoms with Gasteiger partial charge in [-0.3, -0.25) is 4.79 Å². The first kappa shape index (κ1) is 20.9. The number of carbonyl (C=O) groups excluding carboxylic acids is 1. The molecule has 1 aromatic rings. The molecule has 6 nitrogen and oxygen atoms in total. The summed E-state index contributed by atoms with van der Waals surface area (Å²) in [5.41, 5.74) is 5.43. The second kappa shape index (κ2) is 9.98. The predicted octanol–water partition coefficient (Wildman–Crippen LogP) is 1.80. The number of rotatable bonds is 7. The van der Waals surface area contributed by atoms with E-state index in [-0.39, 0.29) is 17.3 Å². The molecule has 0 unspecified atom stereocenters. The molecule has 0 saturated heterocycles. The zero-order valence-electron chi connectivity index (χ0n) is 13.7. The molecule has 1 aliphatic rings. The van der Waals surface area contributed by atoms with Crippen molar-refractivity contribution in [2.24, 2.45) is 5.73 Å². The lowest BCUT2D eigenvalue weighted by molar-refractivity contribution is 0.1000. The zero-order valence-corrected chi connectivity index (χ0v) is 15.3. The summed E-state index contributed by atoms with van der Waals surface area (Å²) in [6.07, 6.45) is 7.42. The quantitative estimate of drug-likeness (QED) is 0.499. The highest BCUT2D eigenvalue weighted by Gasteiger charge is 2.15. The van der Waals surface area contributed by atoms with Crippen LogP contribution in [-0.4, -0.2) is 33.5 Å². The molecule has 1 fully saturated rings. The van der Waals surface area contributed by atoms with Gasteiger partial charge >= 0.3 is 0 Å². The van der Waals surface area contributed by atoms with Gasteiger partial charge in [-0.1, -0.05) is 25.7 Å². The Morgan fingerprint density at radius 3 is 2.17 bits per heavy atom. The molecule has 0 aliphatic heterocycles. The minimum atomic E-state index is -3.56. The Hall–Kier alpha value is -1.15. The zero-order chi connectivity index (χ0) is 16.7. The van der Waals surface area contributed by atoms with Crippen molar-refractivity contribution >= 4 is 28.3 Å². The maximum absolute atomic E-state index is 12.2. The number of sulfonamides is 1. The third-order valence-corrected chi connectivity index (χ3v) is 5.63. The molecular formula is C16H26ClN3O3S. The van der Waals surface area contributed by atoms with Crippen LogP contribution in [0.25, 0.3) is 0 Å². The van der Waals surface area contributed by atoms with Crippen LogP contribution in [-0.2, 0) is 10.0 Å². The van der Waals surface area contributed by atoms with Gasteiger partial charge in [-0.2, -0.15) is 0 Å². The standard InChI is InChI=1S/C16H25N3O3S.ClH/c17-16(20)13-7-9-15(10-8-13)23(21,22)19-12-11-18-14-5-3-1-2-4-6-14;/h7-10,14,18-19H,1-6,11-12H2,(H2,17,20);1H. The summed E-state index contributed by atoms with van der Waals surface area (Å²) in [6, 6.07) is 6.11. The monoisotopic (exact) mass is 375 g/mol. The summed E-state index contributed by atoms with van der Waals surface area (Å²) in [5, 5.41) is 3.42. The van der Waals surface area contributed by atoms with Gasteiger partial charge in [0.25, 0.3) is 0 Å². The van der Waals surface area contributed by atoms with Gasteiger partial charge < -0.3 is 11.1 Å². The van der Waals surface area contributed by atoms with E-state index in [0.717, 1.165) is 0 Å². The molecule has 0 aromatic heterocycles. The smallest absolute Gasteiger partial charge is 0.248 e. The summed E-state index contributed by atoms with van der Waals surface area (Å²) in [7, 11) is -3.56. The van der Waals surface area contributed by atoms with Crippen molar-refractivity contribution < 1.29 is 13.2 Å². The molecule has 1 amide bonds. The summed E-state index contributed by atoms with van der Waals surface area (Å²) >= 11 is 0. The molecule has 8 heteroatoms. The normalized spacial score (nSPS) is 16.2. The Labute approximate surface area is 150 Å². The molecule has 24 heavy (non-hydrogen) atoms. The highest BCUT2D eigenvalue weighted by Crippen LogP contribution is 2.17. The molecule has 1 aliphatic carbocycles. The van der Waals surface area contributed by atoms with Crippen LogP contribution in [0, 0.1) is 0 Å². The average Bonchev–Trinajstić information content (AvgIpc) is 2.80. The van der Waals surface area contributed by atoms with Crippen molar-refractivity contribution in [3.05, 3.63) is 29.8 Å². The van der Waals surface area contributed by atoms with E-state index < -0.39 is 15.9 Å². The molecule has 0 radical (unpaired) electrons. The molecule has 0 atom stereocenters. The largest absolute Gasteiger partial charge is 0.366 e. The van der Waals surface area contributed by atoms with E-state index in [1.54, 1.807) is 0 Å². The Bertz CT molecular complexity index is 612. The lowest BCUT2D eigenvalue weighted by atomic mass is 10.1. The number of carbonyl (C=O) groups is 1. The first-order valence-electron chi connectivity index (χ1n) is 8.12. The van der Waals surface area contributed by atoms with Gasteiger partial charge in [0.05, 0.1) is 4.90 Å². The van der Waals surface area contributed by atoms with Crippen molar-refractivity contribution in [1.82, 2.24) is 10.0 Å². The number of amides is 1. The summed E-state index contributed by atoms with van der Waals surface area (Å²) in [6.45, 7) is 0.958. The van der Waals surface area contributed by atoms with Gasteiger partial charge in [-0.25, -0.2) is 13.1 Å². The maximum Gasteiger partial charge on any atom is 0.248 e. The first-order valence-corrected chi connectivity index (χ1v) is 9.60. The predicted molar refractivity (Wildman–Crippen MR) is 96.9 cm³/mol. The van der Waals surface area contributed by atoms with Crippen LogP contribution in [0.1, 0.15) is 48.9 Å². The third-order valence-electron chi connectivity index (χ3n) is 4.15. The van der Waals surface area contributed by atoms with E-state index in [1.807, 2.05) is 0 Å². The van der Waals surface area contributed by atoms with Gasteiger partial charge in [0.15, 0.2) is 0 Å². The van der Waals surface area contributed by atoms with Crippen molar-refractivity contribution in [2.75, 3.05) is 13.1 Å². The fraction of sp³-hybridized carbons (Fsp3) is 0.562. The topological polar surface area (TPSA) is 101 Å². The van der Waals surface area contributed by atoms with Crippen LogP contribution in [0.15, 0.2) is 29.2 Å². The molecule has 4 N–H and O–H groups in total. The molecule has 1 saturated carbocycles. The summed E-state index contributed by atoms with van der Waals surface area (Å²) in [4.78, 5) is 11.1.